The molecule has 2 N–H and O–H groups in total. The molecule has 0 aliphatic carbocycles. The second-order valence-electron chi connectivity index (χ2n) is 6.31. The molecule has 1 aliphatic rings. The lowest BCUT2D eigenvalue weighted by molar-refractivity contribution is -0.00285. The van der Waals surface area contributed by atoms with Crippen LogP contribution in [0.2, 0.25) is 5.02 Å². The molecule has 4 nitrogen and oxygen atoms in total. The molecular formula is C17H22ClN3OS. The zero-order valence-electron chi connectivity index (χ0n) is 13.5. The Bertz CT molecular complexity index is 643. The molecule has 0 radical (unpaired) electrons. The van der Waals surface area contributed by atoms with Gasteiger partial charge in [-0.1, -0.05) is 23.7 Å². The molecule has 0 bridgehead atoms. The molecule has 6 heteroatoms. The van der Waals surface area contributed by atoms with Gasteiger partial charge >= 0.3 is 0 Å². The van der Waals surface area contributed by atoms with Gasteiger partial charge in [0.1, 0.15) is 0 Å². The Morgan fingerprint density at radius 2 is 1.91 bits per heavy atom. The average molecular weight is 352 g/mol. The highest BCUT2D eigenvalue weighted by atomic mass is 35.5. The van der Waals surface area contributed by atoms with Crippen molar-refractivity contribution in [3.63, 3.8) is 0 Å². The van der Waals surface area contributed by atoms with E-state index in [0.717, 1.165) is 47.9 Å². The van der Waals surface area contributed by atoms with Gasteiger partial charge in [0.25, 0.3) is 0 Å². The van der Waals surface area contributed by atoms with Gasteiger partial charge in [0.05, 0.1) is 16.2 Å². The maximum absolute atomic E-state index is 10.9. The minimum Gasteiger partial charge on any atom is -0.389 e. The number of aromatic amines is 1. The molecule has 1 aromatic heterocycles. The van der Waals surface area contributed by atoms with Crippen molar-refractivity contribution in [1.29, 1.82) is 0 Å². The lowest BCUT2D eigenvalue weighted by atomic mass is 9.86. The van der Waals surface area contributed by atoms with Gasteiger partial charge in [0, 0.05) is 30.2 Å². The molecule has 1 saturated heterocycles. The van der Waals surface area contributed by atoms with Crippen LogP contribution in [0.4, 0.5) is 0 Å². The first-order valence-corrected chi connectivity index (χ1v) is 9.02. The number of hydrogen-bond donors (Lipinski definition) is 2. The number of H-pyrrole nitrogens is 1. The lowest BCUT2D eigenvalue weighted by Gasteiger charge is -2.37. The predicted molar refractivity (Wildman–Crippen MR) is 94.8 cm³/mol. The minimum atomic E-state index is -0.620. The first-order valence-electron chi connectivity index (χ1n) is 7.86. The normalized spacial score (nSPS) is 18.3. The zero-order valence-corrected chi connectivity index (χ0v) is 15.0. The van der Waals surface area contributed by atoms with Crippen molar-refractivity contribution in [3.8, 4) is 0 Å². The number of aromatic nitrogens is 2. The monoisotopic (exact) mass is 351 g/mol. The van der Waals surface area contributed by atoms with E-state index in [1.165, 1.54) is 4.90 Å². The molecule has 0 atom stereocenters. The Morgan fingerprint density at radius 1 is 1.26 bits per heavy atom. The van der Waals surface area contributed by atoms with Gasteiger partial charge in [-0.05, 0) is 56.3 Å². The number of nitrogens with zero attached hydrogens (tertiary/aromatic N) is 2. The van der Waals surface area contributed by atoms with Crippen molar-refractivity contribution in [2.45, 2.75) is 43.6 Å². The van der Waals surface area contributed by atoms with Gasteiger partial charge in [0.2, 0.25) is 0 Å². The fourth-order valence-corrected chi connectivity index (χ4v) is 4.07. The Hall–Kier alpha value is -1.01. The highest BCUT2D eigenvalue weighted by molar-refractivity contribution is 7.97. The fraction of sp³-hybridized carbons (Fsp3) is 0.471. The molecule has 3 rings (SSSR count). The molecule has 0 unspecified atom stereocenters. The van der Waals surface area contributed by atoms with Crippen LogP contribution in [-0.2, 0) is 6.42 Å². The van der Waals surface area contributed by atoms with E-state index in [4.69, 9.17) is 11.6 Å². The second-order valence-corrected chi connectivity index (χ2v) is 7.85. The fourth-order valence-electron chi connectivity index (χ4n) is 2.96. The smallest absolute Gasteiger partial charge is 0.0743 e. The predicted octanol–water partition coefficient (Wildman–Crippen LogP) is 3.76. The highest BCUT2D eigenvalue weighted by Crippen LogP contribution is 2.34. The van der Waals surface area contributed by atoms with E-state index < -0.39 is 5.60 Å². The third-order valence-corrected chi connectivity index (χ3v) is 6.04. The highest BCUT2D eigenvalue weighted by Gasteiger charge is 2.33. The molecule has 23 heavy (non-hydrogen) atoms. The molecular weight excluding hydrogens is 330 g/mol. The number of benzene rings is 1. The van der Waals surface area contributed by atoms with Gasteiger partial charge in [-0.15, -0.1) is 0 Å². The summed E-state index contributed by atoms with van der Waals surface area (Å²) in [6.07, 6.45) is 2.24. The molecule has 2 heterocycles. The van der Waals surface area contributed by atoms with E-state index in [0.29, 0.717) is 6.42 Å². The van der Waals surface area contributed by atoms with Crippen LogP contribution in [0, 0.1) is 13.8 Å². The molecule has 124 valence electrons. The summed E-state index contributed by atoms with van der Waals surface area (Å²) in [6, 6.07) is 7.77. The van der Waals surface area contributed by atoms with E-state index >= 15 is 0 Å². The molecule has 1 aromatic carbocycles. The van der Waals surface area contributed by atoms with Crippen molar-refractivity contribution in [3.05, 3.63) is 46.2 Å². The van der Waals surface area contributed by atoms with Gasteiger partial charge in [-0.3, -0.25) is 5.10 Å². The molecule has 0 amide bonds. The van der Waals surface area contributed by atoms with Crippen molar-refractivity contribution >= 4 is 23.5 Å². The van der Waals surface area contributed by atoms with Crippen molar-refractivity contribution < 1.29 is 5.11 Å². The van der Waals surface area contributed by atoms with Crippen LogP contribution in [0.25, 0.3) is 0 Å². The maximum atomic E-state index is 10.9. The van der Waals surface area contributed by atoms with Crippen molar-refractivity contribution in [1.82, 2.24) is 14.5 Å². The number of aliphatic hydroxyl groups is 1. The summed E-state index contributed by atoms with van der Waals surface area (Å²) in [5.74, 6) is 0. The van der Waals surface area contributed by atoms with Gasteiger partial charge < -0.3 is 5.11 Å². The Morgan fingerprint density at radius 3 is 2.48 bits per heavy atom. The van der Waals surface area contributed by atoms with Crippen LogP contribution < -0.4 is 0 Å². The van der Waals surface area contributed by atoms with E-state index in [9.17, 15) is 5.11 Å². The maximum Gasteiger partial charge on any atom is 0.0743 e. The molecule has 1 aliphatic heterocycles. The number of halogens is 1. The Labute approximate surface area is 146 Å². The van der Waals surface area contributed by atoms with E-state index in [2.05, 4.69) is 14.5 Å². The first-order chi connectivity index (χ1) is 11.0. The minimum absolute atomic E-state index is 0.620. The van der Waals surface area contributed by atoms with Crippen LogP contribution in [0.5, 0.6) is 0 Å². The third kappa shape index (κ3) is 4.10. The van der Waals surface area contributed by atoms with Crippen LogP contribution in [0.15, 0.2) is 29.2 Å². The first kappa shape index (κ1) is 16.8. The second kappa shape index (κ2) is 6.85. The number of piperidine rings is 1. The summed E-state index contributed by atoms with van der Waals surface area (Å²) in [6.45, 7) is 5.81. The topological polar surface area (TPSA) is 52.2 Å². The van der Waals surface area contributed by atoms with Crippen LogP contribution >= 0.6 is 23.5 Å². The Balaban J connectivity index is 1.58. The molecule has 0 saturated carbocycles. The quantitative estimate of drug-likeness (QED) is 0.823. The van der Waals surface area contributed by atoms with Crippen LogP contribution in [-0.4, -0.2) is 38.3 Å². The van der Waals surface area contributed by atoms with Crippen LogP contribution in [0.1, 0.15) is 29.8 Å². The van der Waals surface area contributed by atoms with E-state index in [-0.39, 0.29) is 0 Å². The van der Waals surface area contributed by atoms with Crippen molar-refractivity contribution in [2.75, 3.05) is 13.1 Å². The average Bonchev–Trinajstić information content (AvgIpc) is 2.84. The summed E-state index contributed by atoms with van der Waals surface area (Å²) in [5, 5.41) is 18.9. The Kier molecular flexibility index (Phi) is 5.01. The number of nitrogens with one attached hydrogen (secondary N) is 1. The zero-order chi connectivity index (χ0) is 16.4. The van der Waals surface area contributed by atoms with Gasteiger partial charge in [-0.2, -0.15) is 5.10 Å². The number of hydrogen-bond acceptors (Lipinski definition) is 4. The summed E-state index contributed by atoms with van der Waals surface area (Å²) in [5.41, 5.74) is 2.66. The number of aryl methyl sites for hydroxylation is 2. The molecule has 0 spiro atoms. The SMILES string of the molecule is Cc1n[nH]c(C)c1SN1CCC(O)(Cc2ccc(Cl)cc2)CC1. The van der Waals surface area contributed by atoms with E-state index in [1.54, 1.807) is 11.9 Å². The van der Waals surface area contributed by atoms with Crippen molar-refractivity contribution in [2.24, 2.45) is 0 Å². The summed E-state index contributed by atoms with van der Waals surface area (Å²) < 4.78 is 2.32. The van der Waals surface area contributed by atoms with Gasteiger partial charge in [0.15, 0.2) is 0 Å². The van der Waals surface area contributed by atoms with Crippen LogP contribution in [0.3, 0.4) is 0 Å². The number of rotatable bonds is 4. The summed E-state index contributed by atoms with van der Waals surface area (Å²) in [7, 11) is 0. The lowest BCUT2D eigenvalue weighted by Crippen LogP contribution is -2.43. The summed E-state index contributed by atoms with van der Waals surface area (Å²) >= 11 is 7.67. The third-order valence-electron chi connectivity index (χ3n) is 4.38. The molecule has 2 aromatic rings. The summed E-state index contributed by atoms with van der Waals surface area (Å²) in [4.78, 5) is 1.20. The van der Waals surface area contributed by atoms with E-state index in [1.807, 2.05) is 38.1 Å². The molecule has 1 fully saturated rings. The van der Waals surface area contributed by atoms with Gasteiger partial charge in [-0.25, -0.2) is 4.31 Å². The largest absolute Gasteiger partial charge is 0.389 e. The standard InChI is InChI=1S/C17H22ClN3OS/c1-12-16(13(2)20-19-12)23-21-9-7-17(22,8-10-21)11-14-3-5-15(18)6-4-14/h3-6,22H,7-11H2,1-2H3,(H,19,20).